The maximum Gasteiger partial charge on any atom is 0.318 e. The average molecular weight is 372 g/mol. The molecule has 1 saturated heterocycles. The molecule has 6 rings (SSSR count). The molecule has 144 valence electrons. The molecule has 4 bridgehead atoms. The Morgan fingerprint density at radius 1 is 1.19 bits per heavy atom. The van der Waals surface area contributed by atoms with Gasteiger partial charge in [0.25, 0.3) is 0 Å². The summed E-state index contributed by atoms with van der Waals surface area (Å²) >= 11 is 0. The lowest BCUT2D eigenvalue weighted by molar-refractivity contribution is -0.170. The van der Waals surface area contributed by atoms with Crippen molar-refractivity contribution in [2.45, 2.75) is 50.6 Å². The minimum atomic E-state index is -0.651. The Bertz CT molecular complexity index is 794. The van der Waals surface area contributed by atoms with Crippen molar-refractivity contribution >= 4 is 12.0 Å². The summed E-state index contributed by atoms with van der Waals surface area (Å²) in [5.74, 6) is 0.0947. The van der Waals surface area contributed by atoms with Crippen LogP contribution in [0.25, 0.3) is 0 Å². The summed E-state index contributed by atoms with van der Waals surface area (Å²) in [5.41, 5.74) is -0.224. The van der Waals surface area contributed by atoms with Crippen molar-refractivity contribution in [1.82, 2.24) is 10.2 Å². The largest absolute Gasteiger partial charge is 0.481 e. The van der Waals surface area contributed by atoms with E-state index in [0.717, 1.165) is 24.8 Å². The van der Waals surface area contributed by atoms with Gasteiger partial charge in [-0.1, -0.05) is 12.1 Å². The van der Waals surface area contributed by atoms with Crippen molar-refractivity contribution < 1.29 is 19.1 Å². The summed E-state index contributed by atoms with van der Waals surface area (Å²) in [7, 11) is 0. The molecule has 3 unspecified atom stereocenters. The van der Waals surface area contributed by atoms with Gasteiger partial charge in [-0.25, -0.2) is 9.18 Å². The van der Waals surface area contributed by atoms with Crippen LogP contribution in [0.5, 0.6) is 0 Å². The molecule has 1 aliphatic heterocycles. The second kappa shape index (κ2) is 5.46. The highest BCUT2D eigenvalue weighted by atomic mass is 19.1. The second-order valence-electron chi connectivity index (χ2n) is 9.44. The number of aliphatic carboxylic acids is 1. The number of rotatable bonds is 3. The van der Waals surface area contributed by atoms with E-state index in [0.29, 0.717) is 25.3 Å². The molecular weight excluding hydrogens is 347 g/mol. The number of carbonyl (C=O) groups is 2. The molecule has 2 amide bonds. The highest BCUT2D eigenvalue weighted by molar-refractivity contribution is 5.79. The van der Waals surface area contributed by atoms with Crippen LogP contribution in [-0.4, -0.2) is 34.6 Å². The number of benzene rings is 1. The number of carbonyl (C=O) groups excluding carboxylic acids is 1. The topological polar surface area (TPSA) is 69.6 Å². The number of carboxylic acids is 1. The van der Waals surface area contributed by atoms with Crippen LogP contribution in [0.15, 0.2) is 24.3 Å². The molecule has 27 heavy (non-hydrogen) atoms. The molecule has 1 heterocycles. The van der Waals surface area contributed by atoms with Crippen molar-refractivity contribution in [2.24, 2.45) is 23.2 Å². The Morgan fingerprint density at radius 2 is 1.81 bits per heavy atom. The minimum Gasteiger partial charge on any atom is -0.481 e. The Hall–Kier alpha value is -2.11. The van der Waals surface area contributed by atoms with Gasteiger partial charge in [-0.15, -0.1) is 0 Å². The highest BCUT2D eigenvalue weighted by Crippen LogP contribution is 2.61. The van der Waals surface area contributed by atoms with Gasteiger partial charge in [0.2, 0.25) is 0 Å². The lowest BCUT2D eigenvalue weighted by Gasteiger charge is -2.59. The van der Waals surface area contributed by atoms with Gasteiger partial charge in [0, 0.05) is 12.6 Å². The van der Waals surface area contributed by atoms with E-state index in [1.54, 1.807) is 12.1 Å². The molecule has 5 aliphatic rings. The van der Waals surface area contributed by atoms with Gasteiger partial charge < -0.3 is 15.3 Å². The lowest BCUT2D eigenvalue weighted by Crippen LogP contribution is -2.61. The van der Waals surface area contributed by atoms with E-state index in [4.69, 9.17) is 0 Å². The summed E-state index contributed by atoms with van der Waals surface area (Å²) in [6.45, 7) is 2.52. The van der Waals surface area contributed by atoms with Crippen LogP contribution in [0.4, 0.5) is 9.18 Å². The van der Waals surface area contributed by atoms with Gasteiger partial charge in [-0.3, -0.25) is 4.79 Å². The number of halogens is 1. The first-order chi connectivity index (χ1) is 12.8. The van der Waals surface area contributed by atoms with Crippen LogP contribution < -0.4 is 5.32 Å². The molecule has 5 nitrogen and oxygen atoms in total. The maximum absolute atomic E-state index is 13.3. The van der Waals surface area contributed by atoms with Crippen LogP contribution in [0.3, 0.4) is 0 Å². The molecular formula is C21H25FN2O3. The Labute approximate surface area is 157 Å². The Morgan fingerprint density at radius 3 is 2.41 bits per heavy atom. The van der Waals surface area contributed by atoms with E-state index >= 15 is 0 Å². The van der Waals surface area contributed by atoms with Gasteiger partial charge in [0.15, 0.2) is 0 Å². The van der Waals surface area contributed by atoms with Crippen LogP contribution in [0.2, 0.25) is 0 Å². The van der Waals surface area contributed by atoms with Crippen molar-refractivity contribution in [3.63, 3.8) is 0 Å². The smallest absolute Gasteiger partial charge is 0.318 e. The molecule has 0 radical (unpaired) electrons. The third-order valence-corrected chi connectivity index (χ3v) is 7.65. The van der Waals surface area contributed by atoms with Crippen molar-refractivity contribution in [2.75, 3.05) is 6.54 Å². The third-order valence-electron chi connectivity index (χ3n) is 7.65. The monoisotopic (exact) mass is 372 g/mol. The van der Waals surface area contributed by atoms with E-state index in [9.17, 15) is 19.1 Å². The zero-order chi connectivity index (χ0) is 19.0. The summed E-state index contributed by atoms with van der Waals surface area (Å²) in [6, 6.07) is 6.36. The summed E-state index contributed by atoms with van der Waals surface area (Å²) in [4.78, 5) is 26.8. The standard InChI is InChI=1S/C21H25FN2O3/c1-20(15-2-4-16(22)5-3-15)11-24(19(27)23-20)17-13-6-12-7-14(17)10-21(8-12,9-13)18(25)26/h2-5,12-14,17H,6-11H2,1H3,(H,23,27)(H,25,26). The first-order valence-electron chi connectivity index (χ1n) is 9.88. The summed E-state index contributed by atoms with van der Waals surface area (Å²) < 4.78 is 13.3. The molecule has 2 N–H and O–H groups in total. The molecule has 6 heteroatoms. The SMILES string of the molecule is CC1(c2ccc(F)cc2)CN(C2C3CC4CC2CC(C(=O)O)(C4)C3)C(=O)N1. The minimum absolute atomic E-state index is 0.0799. The van der Waals surface area contributed by atoms with Gasteiger partial charge in [0.05, 0.1) is 11.0 Å². The van der Waals surface area contributed by atoms with E-state index in [1.165, 1.54) is 12.1 Å². The van der Waals surface area contributed by atoms with Crippen LogP contribution in [-0.2, 0) is 10.3 Å². The highest BCUT2D eigenvalue weighted by Gasteiger charge is 2.61. The number of carboxylic acid groups (broad SMARTS) is 1. The number of nitrogens with zero attached hydrogens (tertiary/aromatic N) is 1. The summed E-state index contributed by atoms with van der Waals surface area (Å²) in [5, 5.41) is 12.9. The molecule has 4 saturated carbocycles. The molecule has 5 fully saturated rings. The molecule has 0 spiro atoms. The van der Waals surface area contributed by atoms with Gasteiger partial charge in [0.1, 0.15) is 5.82 Å². The number of nitrogens with one attached hydrogen (secondary N) is 1. The number of urea groups is 1. The van der Waals surface area contributed by atoms with Gasteiger partial charge in [-0.05, 0) is 74.5 Å². The predicted octanol–water partition coefficient (Wildman–Crippen LogP) is 3.35. The van der Waals surface area contributed by atoms with Gasteiger partial charge in [-0.2, -0.15) is 0 Å². The Balaban J connectivity index is 1.42. The Kier molecular flexibility index (Phi) is 3.44. The van der Waals surface area contributed by atoms with Crippen LogP contribution >= 0.6 is 0 Å². The number of amides is 2. The molecule has 3 atom stereocenters. The fourth-order valence-electron chi connectivity index (χ4n) is 6.75. The molecule has 4 aliphatic carbocycles. The van der Waals surface area contributed by atoms with E-state index in [2.05, 4.69) is 5.32 Å². The fourth-order valence-corrected chi connectivity index (χ4v) is 6.75. The number of hydrogen-bond acceptors (Lipinski definition) is 2. The lowest BCUT2D eigenvalue weighted by atomic mass is 9.47. The van der Waals surface area contributed by atoms with Crippen LogP contribution in [0, 0.1) is 29.0 Å². The van der Waals surface area contributed by atoms with Crippen molar-refractivity contribution in [3.05, 3.63) is 35.6 Å². The first kappa shape index (κ1) is 17.0. The summed E-state index contributed by atoms with van der Waals surface area (Å²) in [6.07, 6.45) is 4.26. The predicted molar refractivity (Wildman–Crippen MR) is 96.4 cm³/mol. The van der Waals surface area contributed by atoms with Crippen molar-refractivity contribution in [1.29, 1.82) is 0 Å². The van der Waals surface area contributed by atoms with E-state index in [-0.39, 0.29) is 29.7 Å². The second-order valence-corrected chi connectivity index (χ2v) is 9.44. The quantitative estimate of drug-likeness (QED) is 0.855. The van der Waals surface area contributed by atoms with Crippen molar-refractivity contribution in [3.8, 4) is 0 Å². The fraction of sp³-hybridized carbons (Fsp3) is 0.619. The van der Waals surface area contributed by atoms with E-state index in [1.807, 2.05) is 11.8 Å². The molecule has 0 aromatic heterocycles. The molecule has 1 aromatic rings. The normalized spacial score (nSPS) is 42.4. The average Bonchev–Trinajstić information content (AvgIpc) is 2.90. The number of hydrogen-bond donors (Lipinski definition) is 2. The van der Waals surface area contributed by atoms with E-state index < -0.39 is 16.9 Å². The molecule has 1 aromatic carbocycles. The van der Waals surface area contributed by atoms with Crippen LogP contribution in [0.1, 0.15) is 44.6 Å². The third kappa shape index (κ3) is 2.41. The first-order valence-corrected chi connectivity index (χ1v) is 9.88. The maximum atomic E-state index is 13.3. The van der Waals surface area contributed by atoms with Gasteiger partial charge >= 0.3 is 12.0 Å². The zero-order valence-electron chi connectivity index (χ0n) is 15.5. The zero-order valence-corrected chi connectivity index (χ0v) is 15.5.